The summed E-state index contributed by atoms with van der Waals surface area (Å²) < 4.78 is 37.7. The molecule has 0 aromatic carbocycles. The topological polar surface area (TPSA) is 50.1 Å². The minimum Gasteiger partial charge on any atom is -0.382 e. The quantitative estimate of drug-likeness (QED) is 0.865. The maximum atomic E-state index is 12.1. The molecule has 104 valence electrons. The van der Waals surface area contributed by atoms with E-state index in [4.69, 9.17) is 16.7 Å². The molecule has 0 aliphatic carbocycles. The Balaban J connectivity index is 2.57. The molecule has 18 heavy (non-hydrogen) atoms. The van der Waals surface area contributed by atoms with Crippen molar-refractivity contribution in [3.63, 3.8) is 0 Å². The van der Waals surface area contributed by atoms with Gasteiger partial charge in [-0.15, -0.1) is 0 Å². The van der Waals surface area contributed by atoms with Crippen LogP contribution in [0.15, 0.2) is 0 Å². The van der Waals surface area contributed by atoms with Crippen molar-refractivity contribution < 1.29 is 18.3 Å². The number of aliphatic hydroxyl groups excluding tert-OH is 1. The van der Waals surface area contributed by atoms with Crippen LogP contribution in [0, 0.1) is 0 Å². The summed E-state index contributed by atoms with van der Waals surface area (Å²) in [5.41, 5.74) is 1.30. The molecule has 0 radical (unpaired) electrons. The van der Waals surface area contributed by atoms with Gasteiger partial charge in [-0.25, -0.2) is 0 Å². The van der Waals surface area contributed by atoms with Crippen molar-refractivity contribution in [1.82, 2.24) is 15.1 Å². The van der Waals surface area contributed by atoms with Gasteiger partial charge >= 0.3 is 6.18 Å². The van der Waals surface area contributed by atoms with Crippen molar-refractivity contribution in [3.8, 4) is 0 Å². The van der Waals surface area contributed by atoms with Crippen LogP contribution in [0.3, 0.4) is 0 Å². The van der Waals surface area contributed by atoms with Crippen molar-refractivity contribution >= 4 is 11.6 Å². The lowest BCUT2D eigenvalue weighted by molar-refractivity contribution is -0.201. The first-order chi connectivity index (χ1) is 8.27. The first-order valence-electron chi connectivity index (χ1n) is 5.43. The highest BCUT2D eigenvalue weighted by Crippen LogP contribution is 2.21. The Morgan fingerprint density at radius 2 is 2.11 bits per heavy atom. The Labute approximate surface area is 108 Å². The highest BCUT2D eigenvalue weighted by Gasteiger charge is 2.37. The highest BCUT2D eigenvalue weighted by molar-refractivity contribution is 6.31. The molecule has 0 amide bonds. The molecule has 1 atom stereocenters. The van der Waals surface area contributed by atoms with Gasteiger partial charge in [0.2, 0.25) is 0 Å². The van der Waals surface area contributed by atoms with Gasteiger partial charge in [0.25, 0.3) is 0 Å². The number of alkyl halides is 3. The van der Waals surface area contributed by atoms with Crippen molar-refractivity contribution in [2.75, 3.05) is 6.54 Å². The molecule has 1 rings (SSSR count). The van der Waals surface area contributed by atoms with Gasteiger partial charge in [-0.3, -0.25) is 4.68 Å². The van der Waals surface area contributed by atoms with Gasteiger partial charge in [-0.2, -0.15) is 18.3 Å². The molecule has 1 heterocycles. The summed E-state index contributed by atoms with van der Waals surface area (Å²) in [5.74, 6) is 0. The number of hydrogen-bond donors (Lipinski definition) is 2. The molecular formula is C10H15ClF3N3O. The fraction of sp³-hybridized carbons (Fsp3) is 0.700. The van der Waals surface area contributed by atoms with Crippen LogP contribution in [-0.4, -0.2) is 33.7 Å². The van der Waals surface area contributed by atoms with Gasteiger partial charge in [-0.1, -0.05) is 18.5 Å². The van der Waals surface area contributed by atoms with E-state index >= 15 is 0 Å². The van der Waals surface area contributed by atoms with Crippen LogP contribution in [0.2, 0.25) is 5.02 Å². The average molecular weight is 286 g/mol. The number of hydrogen-bond acceptors (Lipinski definition) is 3. The van der Waals surface area contributed by atoms with Crippen molar-refractivity contribution in [2.45, 2.75) is 32.2 Å². The summed E-state index contributed by atoms with van der Waals surface area (Å²) >= 11 is 6.03. The van der Waals surface area contributed by atoms with Gasteiger partial charge in [0.05, 0.1) is 16.4 Å². The minimum atomic E-state index is -4.61. The fourth-order valence-corrected chi connectivity index (χ4v) is 1.82. The molecule has 0 aliphatic rings. The first kappa shape index (κ1) is 15.3. The summed E-state index contributed by atoms with van der Waals surface area (Å²) in [4.78, 5) is 0. The predicted octanol–water partition coefficient (Wildman–Crippen LogP) is 1.65. The molecule has 2 N–H and O–H groups in total. The Hall–Kier alpha value is -0.790. The number of aryl methyl sites for hydroxylation is 2. The van der Waals surface area contributed by atoms with Gasteiger partial charge in [0, 0.05) is 20.1 Å². The molecule has 1 aromatic rings. The van der Waals surface area contributed by atoms with Crippen LogP contribution in [0.25, 0.3) is 0 Å². The molecule has 0 fully saturated rings. The molecule has 1 unspecified atom stereocenters. The average Bonchev–Trinajstić information content (AvgIpc) is 2.54. The summed E-state index contributed by atoms with van der Waals surface area (Å²) in [6.45, 7) is 1.43. The molecule has 0 saturated heterocycles. The van der Waals surface area contributed by atoms with Crippen molar-refractivity contribution in [2.24, 2.45) is 7.05 Å². The third-order valence-electron chi connectivity index (χ3n) is 2.51. The number of nitrogens with zero attached hydrogens (tertiary/aromatic N) is 2. The first-order valence-corrected chi connectivity index (χ1v) is 5.80. The molecule has 0 saturated carbocycles. The molecule has 0 bridgehead atoms. The minimum absolute atomic E-state index is 0.121. The van der Waals surface area contributed by atoms with Gasteiger partial charge in [0.15, 0.2) is 6.10 Å². The van der Waals surface area contributed by atoms with E-state index in [1.165, 1.54) is 4.68 Å². The van der Waals surface area contributed by atoms with E-state index in [1.807, 2.05) is 6.92 Å². The van der Waals surface area contributed by atoms with Crippen molar-refractivity contribution in [3.05, 3.63) is 16.4 Å². The lowest BCUT2D eigenvalue weighted by Gasteiger charge is -2.15. The van der Waals surface area contributed by atoms with Gasteiger partial charge in [0.1, 0.15) is 0 Å². The SMILES string of the molecule is CCc1nn(C)c(CNCC(O)C(F)(F)F)c1Cl. The smallest absolute Gasteiger partial charge is 0.382 e. The third kappa shape index (κ3) is 3.60. The zero-order valence-electron chi connectivity index (χ0n) is 10.1. The number of aliphatic hydroxyl groups is 1. The van der Waals surface area contributed by atoms with E-state index in [0.717, 1.165) is 0 Å². The number of rotatable bonds is 5. The standard InChI is InChI=1S/C10H15ClF3N3O/c1-3-6-9(11)7(17(2)16-6)4-15-5-8(18)10(12,13)14/h8,15,18H,3-5H2,1-2H3. The summed E-state index contributed by atoms with van der Waals surface area (Å²) in [6.07, 6.45) is -6.34. The van der Waals surface area contributed by atoms with Crippen LogP contribution >= 0.6 is 11.6 Å². The van der Waals surface area contributed by atoms with E-state index < -0.39 is 18.8 Å². The second-order valence-corrected chi connectivity index (χ2v) is 4.25. The number of halogens is 4. The lowest BCUT2D eigenvalue weighted by Crippen LogP contribution is -2.38. The molecule has 8 heteroatoms. The zero-order chi connectivity index (χ0) is 13.9. The maximum Gasteiger partial charge on any atom is 0.415 e. The van der Waals surface area contributed by atoms with Crippen LogP contribution in [0.5, 0.6) is 0 Å². The Kier molecular flexibility index (Phi) is 5.01. The Morgan fingerprint density at radius 3 is 2.56 bits per heavy atom. The summed E-state index contributed by atoms with van der Waals surface area (Å²) in [5, 5.41) is 15.9. The van der Waals surface area contributed by atoms with Gasteiger partial charge in [-0.05, 0) is 6.42 Å². The number of aromatic nitrogens is 2. The molecule has 1 aromatic heterocycles. The number of nitrogens with one attached hydrogen (secondary N) is 1. The van der Waals surface area contributed by atoms with E-state index in [2.05, 4.69) is 10.4 Å². The maximum absolute atomic E-state index is 12.1. The predicted molar refractivity (Wildman–Crippen MR) is 61.4 cm³/mol. The molecule has 0 aliphatic heterocycles. The van der Waals surface area contributed by atoms with Crippen LogP contribution in [0.1, 0.15) is 18.3 Å². The largest absolute Gasteiger partial charge is 0.415 e. The second-order valence-electron chi connectivity index (χ2n) is 3.87. The Morgan fingerprint density at radius 1 is 1.50 bits per heavy atom. The third-order valence-corrected chi connectivity index (χ3v) is 2.95. The monoisotopic (exact) mass is 285 g/mol. The lowest BCUT2D eigenvalue weighted by atomic mass is 10.3. The fourth-order valence-electron chi connectivity index (χ4n) is 1.45. The van der Waals surface area contributed by atoms with E-state index in [1.54, 1.807) is 7.05 Å². The van der Waals surface area contributed by atoms with Crippen LogP contribution in [-0.2, 0) is 20.0 Å². The van der Waals surface area contributed by atoms with Crippen molar-refractivity contribution in [1.29, 1.82) is 0 Å². The van der Waals surface area contributed by atoms with E-state index in [0.29, 0.717) is 22.8 Å². The molecular weight excluding hydrogens is 271 g/mol. The van der Waals surface area contributed by atoms with Crippen LogP contribution in [0.4, 0.5) is 13.2 Å². The van der Waals surface area contributed by atoms with Gasteiger partial charge < -0.3 is 10.4 Å². The highest BCUT2D eigenvalue weighted by atomic mass is 35.5. The summed E-state index contributed by atoms with van der Waals surface area (Å²) in [7, 11) is 1.67. The summed E-state index contributed by atoms with van der Waals surface area (Å²) in [6, 6.07) is 0. The van der Waals surface area contributed by atoms with E-state index in [-0.39, 0.29) is 6.54 Å². The van der Waals surface area contributed by atoms with E-state index in [9.17, 15) is 13.2 Å². The normalized spacial score (nSPS) is 13.9. The van der Waals surface area contributed by atoms with Crippen LogP contribution < -0.4 is 5.32 Å². The molecule has 0 spiro atoms. The second kappa shape index (κ2) is 5.90. The zero-order valence-corrected chi connectivity index (χ0v) is 10.8. The molecule has 4 nitrogen and oxygen atoms in total. The Bertz CT molecular complexity index is 406.